The molecule has 2 N–H and O–H groups in total. The van der Waals surface area contributed by atoms with Crippen molar-refractivity contribution in [3.8, 4) is 11.3 Å². The van der Waals surface area contributed by atoms with Crippen molar-refractivity contribution in [2.45, 2.75) is 13.5 Å². The van der Waals surface area contributed by atoms with E-state index >= 15 is 0 Å². The number of nitrogens with zero attached hydrogens (tertiary/aromatic N) is 3. The van der Waals surface area contributed by atoms with Gasteiger partial charge in [-0.1, -0.05) is 0 Å². The summed E-state index contributed by atoms with van der Waals surface area (Å²) < 4.78 is 1.69. The fourth-order valence-electron chi connectivity index (χ4n) is 1.47. The predicted octanol–water partition coefficient (Wildman–Crippen LogP) is 0.611. The summed E-state index contributed by atoms with van der Waals surface area (Å²) in [5.74, 6) is 0. The van der Waals surface area contributed by atoms with E-state index in [-0.39, 0.29) is 6.61 Å². The van der Waals surface area contributed by atoms with Gasteiger partial charge < -0.3 is 5.11 Å². The molecule has 0 atom stereocenters. The Balaban J connectivity index is 2.55. The summed E-state index contributed by atoms with van der Waals surface area (Å²) in [6.45, 7) is 1.92. The minimum Gasteiger partial charge on any atom is -0.392 e. The van der Waals surface area contributed by atoms with E-state index in [0.29, 0.717) is 0 Å². The molecule has 0 amide bonds. The van der Waals surface area contributed by atoms with Crippen LogP contribution in [0.4, 0.5) is 0 Å². The highest BCUT2D eigenvalue weighted by molar-refractivity contribution is 5.63. The Bertz CT molecular complexity index is 443. The van der Waals surface area contributed by atoms with Gasteiger partial charge in [-0.05, 0) is 6.92 Å². The first kappa shape index (κ1) is 8.96. The standard InChI is InChI=1S/C9H12N4O/c1-6-8(3-10-11-6)9-7(5-14)4-13(2)12-9/h3-4,14H,5H2,1-2H3,(H,10,11). The third-order valence-electron chi connectivity index (χ3n) is 2.16. The lowest BCUT2D eigenvalue weighted by Gasteiger charge is -1.96. The van der Waals surface area contributed by atoms with Gasteiger partial charge in [0.2, 0.25) is 0 Å². The lowest BCUT2D eigenvalue weighted by Crippen LogP contribution is -1.88. The maximum Gasteiger partial charge on any atom is 0.101 e. The molecule has 2 rings (SSSR count). The SMILES string of the molecule is Cc1[nH]ncc1-c1nn(C)cc1CO. The first-order valence-corrected chi connectivity index (χ1v) is 4.36. The van der Waals surface area contributed by atoms with Gasteiger partial charge >= 0.3 is 0 Å². The van der Waals surface area contributed by atoms with Crippen molar-refractivity contribution in [1.82, 2.24) is 20.0 Å². The molecule has 0 aliphatic rings. The van der Waals surface area contributed by atoms with Crippen LogP contribution in [0.15, 0.2) is 12.4 Å². The Kier molecular flexibility index (Phi) is 2.09. The molecule has 0 spiro atoms. The number of aryl methyl sites for hydroxylation is 2. The van der Waals surface area contributed by atoms with E-state index in [1.54, 1.807) is 10.9 Å². The van der Waals surface area contributed by atoms with Crippen molar-refractivity contribution >= 4 is 0 Å². The number of hydrogen-bond donors (Lipinski definition) is 2. The van der Waals surface area contributed by atoms with Gasteiger partial charge in [0.25, 0.3) is 0 Å². The fourth-order valence-corrected chi connectivity index (χ4v) is 1.47. The smallest absolute Gasteiger partial charge is 0.101 e. The number of aliphatic hydroxyl groups is 1. The summed E-state index contributed by atoms with van der Waals surface area (Å²) in [7, 11) is 1.83. The van der Waals surface area contributed by atoms with E-state index < -0.39 is 0 Å². The third kappa shape index (κ3) is 1.31. The number of rotatable bonds is 2. The van der Waals surface area contributed by atoms with Crippen molar-refractivity contribution in [3.05, 3.63) is 23.7 Å². The van der Waals surface area contributed by atoms with Gasteiger partial charge in [-0.3, -0.25) is 9.78 Å². The van der Waals surface area contributed by atoms with Gasteiger partial charge in [0.1, 0.15) is 5.69 Å². The van der Waals surface area contributed by atoms with Crippen LogP contribution >= 0.6 is 0 Å². The highest BCUT2D eigenvalue weighted by atomic mass is 16.3. The fraction of sp³-hybridized carbons (Fsp3) is 0.333. The molecule has 5 heteroatoms. The zero-order chi connectivity index (χ0) is 10.1. The first-order valence-electron chi connectivity index (χ1n) is 4.36. The van der Waals surface area contributed by atoms with E-state index in [0.717, 1.165) is 22.5 Å². The molecule has 0 aliphatic heterocycles. The highest BCUT2D eigenvalue weighted by Crippen LogP contribution is 2.23. The Morgan fingerprint density at radius 3 is 2.93 bits per heavy atom. The molecular weight excluding hydrogens is 180 g/mol. The molecule has 74 valence electrons. The number of aliphatic hydroxyl groups excluding tert-OH is 1. The normalized spacial score (nSPS) is 10.8. The molecule has 0 aromatic carbocycles. The van der Waals surface area contributed by atoms with E-state index in [1.165, 1.54) is 0 Å². The maximum absolute atomic E-state index is 9.14. The zero-order valence-electron chi connectivity index (χ0n) is 8.15. The van der Waals surface area contributed by atoms with Crippen LogP contribution in [0.25, 0.3) is 11.3 Å². The topological polar surface area (TPSA) is 66.7 Å². The minimum absolute atomic E-state index is 0.00616. The molecule has 0 fully saturated rings. The lowest BCUT2D eigenvalue weighted by atomic mass is 10.1. The number of aromatic amines is 1. The minimum atomic E-state index is -0.00616. The molecule has 2 heterocycles. The summed E-state index contributed by atoms with van der Waals surface area (Å²) in [6.07, 6.45) is 3.53. The van der Waals surface area contributed by atoms with Crippen LogP contribution in [0, 0.1) is 6.92 Å². The van der Waals surface area contributed by atoms with Gasteiger partial charge in [-0.2, -0.15) is 10.2 Å². The molecule has 0 saturated carbocycles. The van der Waals surface area contributed by atoms with E-state index in [2.05, 4.69) is 15.3 Å². The van der Waals surface area contributed by atoms with Gasteiger partial charge in [0.15, 0.2) is 0 Å². The summed E-state index contributed by atoms with van der Waals surface area (Å²) >= 11 is 0. The molecule has 5 nitrogen and oxygen atoms in total. The van der Waals surface area contributed by atoms with E-state index in [4.69, 9.17) is 5.11 Å². The third-order valence-corrected chi connectivity index (χ3v) is 2.16. The summed E-state index contributed by atoms with van der Waals surface area (Å²) in [4.78, 5) is 0. The zero-order valence-corrected chi connectivity index (χ0v) is 8.15. The van der Waals surface area contributed by atoms with Crippen LogP contribution in [0.1, 0.15) is 11.3 Å². The summed E-state index contributed by atoms with van der Waals surface area (Å²) in [6, 6.07) is 0. The summed E-state index contributed by atoms with van der Waals surface area (Å²) in [5.41, 5.74) is 3.51. The molecule has 0 bridgehead atoms. The molecule has 2 aromatic rings. The Hall–Kier alpha value is -1.62. The average Bonchev–Trinajstić information content (AvgIpc) is 2.71. The largest absolute Gasteiger partial charge is 0.392 e. The van der Waals surface area contributed by atoms with Crippen LogP contribution in [-0.2, 0) is 13.7 Å². The predicted molar refractivity (Wildman–Crippen MR) is 51.4 cm³/mol. The van der Waals surface area contributed by atoms with E-state index in [9.17, 15) is 0 Å². The monoisotopic (exact) mass is 192 g/mol. The molecule has 14 heavy (non-hydrogen) atoms. The molecule has 2 aromatic heterocycles. The summed E-state index contributed by atoms with van der Waals surface area (Å²) in [5, 5.41) is 20.2. The van der Waals surface area contributed by atoms with Crippen molar-refractivity contribution in [2.75, 3.05) is 0 Å². The van der Waals surface area contributed by atoms with Crippen molar-refractivity contribution in [3.63, 3.8) is 0 Å². The maximum atomic E-state index is 9.14. The number of H-pyrrole nitrogens is 1. The first-order chi connectivity index (χ1) is 6.72. The molecule has 0 saturated heterocycles. The second kappa shape index (κ2) is 3.26. The van der Waals surface area contributed by atoms with Crippen LogP contribution in [0.2, 0.25) is 0 Å². The van der Waals surface area contributed by atoms with Gasteiger partial charge in [0.05, 0.1) is 12.8 Å². The Labute approximate surface area is 81.4 Å². The van der Waals surface area contributed by atoms with Crippen molar-refractivity contribution in [2.24, 2.45) is 7.05 Å². The number of aromatic nitrogens is 4. The molecule has 0 unspecified atom stereocenters. The average molecular weight is 192 g/mol. The highest BCUT2D eigenvalue weighted by Gasteiger charge is 2.12. The molecule has 0 aliphatic carbocycles. The van der Waals surface area contributed by atoms with Crippen LogP contribution in [0.3, 0.4) is 0 Å². The molecule has 0 radical (unpaired) electrons. The Morgan fingerprint density at radius 1 is 1.57 bits per heavy atom. The van der Waals surface area contributed by atoms with Crippen molar-refractivity contribution in [1.29, 1.82) is 0 Å². The van der Waals surface area contributed by atoms with Gasteiger partial charge in [-0.25, -0.2) is 0 Å². The number of nitrogens with one attached hydrogen (secondary N) is 1. The van der Waals surface area contributed by atoms with E-state index in [1.807, 2.05) is 20.2 Å². The van der Waals surface area contributed by atoms with Gasteiger partial charge in [0, 0.05) is 30.1 Å². The van der Waals surface area contributed by atoms with Crippen molar-refractivity contribution < 1.29 is 5.11 Å². The lowest BCUT2D eigenvalue weighted by molar-refractivity contribution is 0.282. The second-order valence-corrected chi connectivity index (χ2v) is 3.24. The van der Waals surface area contributed by atoms with Crippen LogP contribution in [-0.4, -0.2) is 25.1 Å². The van der Waals surface area contributed by atoms with Gasteiger partial charge in [-0.15, -0.1) is 0 Å². The Morgan fingerprint density at radius 2 is 2.36 bits per heavy atom. The second-order valence-electron chi connectivity index (χ2n) is 3.24. The van der Waals surface area contributed by atoms with Crippen LogP contribution < -0.4 is 0 Å². The quantitative estimate of drug-likeness (QED) is 0.732. The van der Waals surface area contributed by atoms with Crippen LogP contribution in [0.5, 0.6) is 0 Å². The number of hydrogen-bond acceptors (Lipinski definition) is 3. The molecular formula is C9H12N4O.